The molecule has 18 heavy (non-hydrogen) atoms. The molecule has 0 aromatic carbocycles. The van der Waals surface area contributed by atoms with Crippen molar-refractivity contribution >= 4 is 0 Å². The third-order valence-electron chi connectivity index (χ3n) is 3.39. The summed E-state index contributed by atoms with van der Waals surface area (Å²) >= 11 is 0. The van der Waals surface area contributed by atoms with E-state index in [0.29, 0.717) is 0 Å². The molecule has 0 heterocycles. The van der Waals surface area contributed by atoms with Crippen molar-refractivity contribution in [1.29, 1.82) is 0 Å². The second-order valence-corrected chi connectivity index (χ2v) is 5.85. The molecule has 0 aliphatic rings. The van der Waals surface area contributed by atoms with Crippen molar-refractivity contribution in [2.24, 2.45) is 0 Å². The Morgan fingerprint density at radius 3 is 2.00 bits per heavy atom. The van der Waals surface area contributed by atoms with E-state index in [9.17, 15) is 0 Å². The van der Waals surface area contributed by atoms with Gasteiger partial charge in [-0.15, -0.1) is 0 Å². The van der Waals surface area contributed by atoms with E-state index in [-0.39, 0.29) is 5.54 Å². The van der Waals surface area contributed by atoms with Crippen LogP contribution in [0.1, 0.15) is 85.5 Å². The Kier molecular flexibility index (Phi) is 11.6. The van der Waals surface area contributed by atoms with E-state index in [1.807, 2.05) is 0 Å². The Bertz CT molecular complexity index is 194. The van der Waals surface area contributed by atoms with Gasteiger partial charge in [0.1, 0.15) is 0 Å². The summed E-state index contributed by atoms with van der Waals surface area (Å²) < 4.78 is 0. The molecule has 0 unspecified atom stereocenters. The van der Waals surface area contributed by atoms with Gasteiger partial charge < -0.3 is 0 Å². The van der Waals surface area contributed by atoms with Crippen LogP contribution in [0.15, 0.2) is 12.2 Å². The zero-order valence-corrected chi connectivity index (χ0v) is 13.2. The number of unbranched alkanes of at least 4 members (excludes halogenated alkanes) is 6. The summed E-state index contributed by atoms with van der Waals surface area (Å²) in [7, 11) is 0. The highest BCUT2D eigenvalue weighted by molar-refractivity contribution is 4.82. The van der Waals surface area contributed by atoms with Gasteiger partial charge in [-0.25, -0.2) is 5.32 Å². The van der Waals surface area contributed by atoms with Crippen LogP contribution in [0.3, 0.4) is 0 Å². The number of nitrogens with zero attached hydrogens (tertiary/aromatic N) is 1. The van der Waals surface area contributed by atoms with Gasteiger partial charge in [0.2, 0.25) is 0 Å². The maximum absolute atomic E-state index is 4.61. The van der Waals surface area contributed by atoms with Crippen molar-refractivity contribution in [3.8, 4) is 0 Å². The van der Waals surface area contributed by atoms with Crippen LogP contribution in [0.2, 0.25) is 0 Å². The topological polar surface area (TPSA) is 14.1 Å². The molecule has 0 amide bonds. The largest absolute Gasteiger partial charge is 0.236 e. The zero-order chi connectivity index (χ0) is 13.7. The summed E-state index contributed by atoms with van der Waals surface area (Å²) in [5, 5.41) is 4.61. The minimum atomic E-state index is 0.193. The van der Waals surface area contributed by atoms with E-state index < -0.39 is 0 Å². The second-order valence-electron chi connectivity index (χ2n) is 5.85. The molecule has 0 saturated carbocycles. The third kappa shape index (κ3) is 12.2. The molecule has 0 aliphatic heterocycles. The van der Waals surface area contributed by atoms with E-state index in [4.69, 9.17) is 0 Å². The van der Waals surface area contributed by atoms with Gasteiger partial charge >= 0.3 is 0 Å². The molecular weight excluding hydrogens is 218 g/mol. The Hall–Kier alpha value is -0.300. The average molecular weight is 252 g/mol. The second kappa shape index (κ2) is 11.8. The first kappa shape index (κ1) is 17.7. The molecule has 1 heteroatoms. The summed E-state index contributed by atoms with van der Waals surface area (Å²) in [6.07, 6.45) is 16.6. The molecule has 1 nitrogen and oxygen atoms in total. The maximum atomic E-state index is 4.61. The third-order valence-corrected chi connectivity index (χ3v) is 3.39. The quantitative estimate of drug-likeness (QED) is 0.323. The molecule has 0 saturated heterocycles. The van der Waals surface area contributed by atoms with E-state index in [1.165, 1.54) is 57.8 Å². The summed E-state index contributed by atoms with van der Waals surface area (Å²) in [5.41, 5.74) is 0.193. The van der Waals surface area contributed by atoms with Crippen LogP contribution in [0, 0.1) is 0 Å². The molecule has 0 aliphatic carbocycles. The van der Waals surface area contributed by atoms with Gasteiger partial charge in [-0.05, 0) is 46.0 Å². The Balaban J connectivity index is 3.31. The van der Waals surface area contributed by atoms with Crippen LogP contribution in [-0.2, 0) is 0 Å². The van der Waals surface area contributed by atoms with Crippen molar-refractivity contribution in [2.45, 2.75) is 91.0 Å². The first-order valence-corrected chi connectivity index (χ1v) is 7.96. The fraction of sp³-hybridized carbons (Fsp3) is 0.882. The summed E-state index contributed by atoms with van der Waals surface area (Å²) in [6, 6.07) is 0. The highest BCUT2D eigenvalue weighted by Crippen LogP contribution is 2.15. The van der Waals surface area contributed by atoms with Crippen LogP contribution in [-0.4, -0.2) is 12.1 Å². The minimum absolute atomic E-state index is 0.193. The highest BCUT2D eigenvalue weighted by atomic mass is 14.9. The predicted molar refractivity (Wildman–Crippen MR) is 83.1 cm³/mol. The number of hydrogen-bond donors (Lipinski definition) is 0. The SMILES string of the molecule is CCCCCCC=CCCCCC(C)(C)[N]CC. The first-order chi connectivity index (χ1) is 8.62. The molecule has 0 atom stereocenters. The van der Waals surface area contributed by atoms with Crippen molar-refractivity contribution < 1.29 is 0 Å². The smallest absolute Gasteiger partial charge is 0.0300 e. The van der Waals surface area contributed by atoms with Crippen molar-refractivity contribution in [3.05, 3.63) is 12.2 Å². The van der Waals surface area contributed by atoms with Crippen LogP contribution in [0.4, 0.5) is 0 Å². The Labute approximate surface area is 115 Å². The Morgan fingerprint density at radius 1 is 0.833 bits per heavy atom. The standard InChI is InChI=1S/C17H34N/c1-5-7-8-9-10-11-12-13-14-15-16-17(3,4)18-6-2/h11-12H,5-10,13-16H2,1-4H3. The lowest BCUT2D eigenvalue weighted by molar-refractivity contribution is 0.350. The molecule has 0 N–H and O–H groups in total. The average Bonchev–Trinajstić information content (AvgIpc) is 2.31. The first-order valence-electron chi connectivity index (χ1n) is 7.96. The molecule has 0 spiro atoms. The molecule has 0 fully saturated rings. The number of hydrogen-bond acceptors (Lipinski definition) is 0. The molecule has 1 radical (unpaired) electrons. The predicted octanol–water partition coefficient (Wildman–Crippen LogP) is 5.48. The molecule has 0 rings (SSSR count). The maximum Gasteiger partial charge on any atom is 0.0300 e. The Morgan fingerprint density at radius 2 is 1.44 bits per heavy atom. The molecule has 0 aromatic heterocycles. The summed E-state index contributed by atoms with van der Waals surface area (Å²) in [4.78, 5) is 0. The number of rotatable bonds is 12. The normalized spacial score (nSPS) is 12.4. The van der Waals surface area contributed by atoms with Crippen molar-refractivity contribution in [3.63, 3.8) is 0 Å². The van der Waals surface area contributed by atoms with Crippen molar-refractivity contribution in [2.75, 3.05) is 6.54 Å². The molecule has 0 bridgehead atoms. The molecule has 0 aromatic rings. The van der Waals surface area contributed by atoms with Crippen LogP contribution >= 0.6 is 0 Å². The summed E-state index contributed by atoms with van der Waals surface area (Å²) in [6.45, 7) is 9.84. The monoisotopic (exact) mass is 252 g/mol. The van der Waals surface area contributed by atoms with Crippen LogP contribution in [0.5, 0.6) is 0 Å². The van der Waals surface area contributed by atoms with Crippen LogP contribution < -0.4 is 5.32 Å². The van der Waals surface area contributed by atoms with Gasteiger partial charge in [0.15, 0.2) is 0 Å². The lowest BCUT2D eigenvalue weighted by Crippen LogP contribution is -2.32. The number of allylic oxidation sites excluding steroid dienone is 2. The van der Waals surface area contributed by atoms with E-state index >= 15 is 0 Å². The highest BCUT2D eigenvalue weighted by Gasteiger charge is 2.15. The van der Waals surface area contributed by atoms with Gasteiger partial charge in [0, 0.05) is 12.1 Å². The van der Waals surface area contributed by atoms with E-state index in [0.717, 1.165) is 6.54 Å². The molecule has 107 valence electrons. The minimum Gasteiger partial charge on any atom is -0.236 e. The van der Waals surface area contributed by atoms with Crippen LogP contribution in [0.25, 0.3) is 0 Å². The zero-order valence-electron chi connectivity index (χ0n) is 13.2. The van der Waals surface area contributed by atoms with Gasteiger partial charge in [0.25, 0.3) is 0 Å². The fourth-order valence-electron chi connectivity index (χ4n) is 2.25. The van der Waals surface area contributed by atoms with Gasteiger partial charge in [-0.3, -0.25) is 0 Å². The fourth-order valence-corrected chi connectivity index (χ4v) is 2.25. The van der Waals surface area contributed by atoms with Gasteiger partial charge in [0.05, 0.1) is 0 Å². The van der Waals surface area contributed by atoms with Crippen molar-refractivity contribution in [1.82, 2.24) is 5.32 Å². The van der Waals surface area contributed by atoms with E-state index in [2.05, 4.69) is 45.2 Å². The molecular formula is C17H34N. The summed E-state index contributed by atoms with van der Waals surface area (Å²) in [5.74, 6) is 0. The lowest BCUT2D eigenvalue weighted by atomic mass is 9.96. The van der Waals surface area contributed by atoms with Gasteiger partial charge in [-0.1, -0.05) is 51.7 Å². The lowest BCUT2D eigenvalue weighted by Gasteiger charge is -2.23. The van der Waals surface area contributed by atoms with E-state index in [1.54, 1.807) is 0 Å². The van der Waals surface area contributed by atoms with Gasteiger partial charge in [-0.2, -0.15) is 0 Å².